The average molecular weight is 481 g/mol. The minimum absolute atomic E-state index is 0.0440. The molecule has 2 heterocycles. The minimum atomic E-state index is -0.220. The molecule has 1 aromatic carbocycles. The van der Waals surface area contributed by atoms with Gasteiger partial charge in [-0.15, -0.1) is 0 Å². The lowest BCUT2D eigenvalue weighted by molar-refractivity contribution is -0.140. The Kier molecular flexibility index (Phi) is 5.47. The second-order valence-electron chi connectivity index (χ2n) is 10.6. The van der Waals surface area contributed by atoms with Crippen molar-refractivity contribution < 1.29 is 14.3 Å². The number of aromatic nitrogens is 2. The summed E-state index contributed by atoms with van der Waals surface area (Å²) in [5.41, 5.74) is 1.52. The summed E-state index contributed by atoms with van der Waals surface area (Å²) in [5, 5.41) is 3.82. The number of rotatable bonds is 5. The van der Waals surface area contributed by atoms with Crippen LogP contribution in [0.2, 0.25) is 5.02 Å². The van der Waals surface area contributed by atoms with E-state index in [-0.39, 0.29) is 23.8 Å². The zero-order valence-corrected chi connectivity index (χ0v) is 19.9. The number of hydrogen-bond donors (Lipinski definition) is 1. The Morgan fingerprint density at radius 2 is 1.74 bits per heavy atom. The summed E-state index contributed by atoms with van der Waals surface area (Å²) >= 11 is 5.90. The number of benzene rings is 1. The Morgan fingerprint density at radius 1 is 1.06 bits per heavy atom. The number of anilines is 1. The van der Waals surface area contributed by atoms with E-state index in [4.69, 9.17) is 16.3 Å². The molecule has 1 aromatic heterocycles. The van der Waals surface area contributed by atoms with Gasteiger partial charge in [-0.3, -0.25) is 9.59 Å². The van der Waals surface area contributed by atoms with Crippen molar-refractivity contribution >= 4 is 29.2 Å². The van der Waals surface area contributed by atoms with E-state index in [0.29, 0.717) is 53.9 Å². The summed E-state index contributed by atoms with van der Waals surface area (Å²) in [7, 11) is 0. The predicted octanol–water partition coefficient (Wildman–Crippen LogP) is 4.25. The number of nitrogens with one attached hydrogen (secondary N) is 1. The van der Waals surface area contributed by atoms with Crippen molar-refractivity contribution in [1.82, 2.24) is 14.9 Å². The molecule has 4 saturated carbocycles. The molecule has 178 valence electrons. The molecule has 0 unspecified atom stereocenters. The van der Waals surface area contributed by atoms with Crippen LogP contribution < -0.4 is 10.1 Å². The van der Waals surface area contributed by atoms with Crippen molar-refractivity contribution in [3.63, 3.8) is 0 Å². The summed E-state index contributed by atoms with van der Waals surface area (Å²) < 4.78 is 5.62. The van der Waals surface area contributed by atoms with Crippen molar-refractivity contribution in [1.29, 1.82) is 0 Å². The van der Waals surface area contributed by atoms with E-state index >= 15 is 0 Å². The number of carbonyl (C=O) groups is 2. The molecule has 0 radical (unpaired) electrons. The molecule has 5 aliphatic rings. The van der Waals surface area contributed by atoms with Gasteiger partial charge in [-0.05, 0) is 87.0 Å². The van der Waals surface area contributed by atoms with E-state index in [0.717, 1.165) is 30.5 Å². The third-order valence-electron chi connectivity index (χ3n) is 8.29. The number of amides is 2. The number of hydrogen-bond acceptors (Lipinski definition) is 5. The van der Waals surface area contributed by atoms with Gasteiger partial charge in [0, 0.05) is 17.1 Å². The molecule has 4 bridgehead atoms. The van der Waals surface area contributed by atoms with Crippen LogP contribution in [-0.2, 0) is 22.6 Å². The third kappa shape index (κ3) is 4.04. The van der Waals surface area contributed by atoms with Crippen molar-refractivity contribution in [3.8, 4) is 5.75 Å². The zero-order chi connectivity index (χ0) is 23.3. The van der Waals surface area contributed by atoms with Crippen LogP contribution in [0.1, 0.15) is 49.8 Å². The number of nitrogens with zero attached hydrogens (tertiary/aromatic N) is 3. The fraction of sp³-hybridized carbons (Fsp3) is 0.538. The van der Waals surface area contributed by atoms with Gasteiger partial charge in [0.05, 0.1) is 17.7 Å². The fourth-order valence-corrected chi connectivity index (χ4v) is 7.20. The molecule has 0 spiro atoms. The molecular weight excluding hydrogens is 452 g/mol. The first kappa shape index (κ1) is 21.8. The van der Waals surface area contributed by atoms with E-state index in [1.807, 2.05) is 0 Å². The van der Waals surface area contributed by atoms with Crippen molar-refractivity contribution in [2.45, 2.75) is 51.5 Å². The van der Waals surface area contributed by atoms with E-state index in [2.05, 4.69) is 15.3 Å². The van der Waals surface area contributed by atoms with Crippen LogP contribution >= 0.6 is 11.6 Å². The quantitative estimate of drug-likeness (QED) is 0.691. The molecule has 1 N–H and O–H groups in total. The molecule has 2 amide bonds. The second kappa shape index (κ2) is 8.52. The molecule has 4 aliphatic carbocycles. The zero-order valence-electron chi connectivity index (χ0n) is 19.1. The molecule has 4 fully saturated rings. The van der Waals surface area contributed by atoms with Gasteiger partial charge in [0.1, 0.15) is 17.9 Å². The lowest BCUT2D eigenvalue weighted by Crippen LogP contribution is -2.52. The van der Waals surface area contributed by atoms with Crippen LogP contribution in [0.15, 0.2) is 30.6 Å². The van der Waals surface area contributed by atoms with E-state index in [1.165, 1.54) is 25.6 Å². The van der Waals surface area contributed by atoms with Crippen LogP contribution in [0.3, 0.4) is 0 Å². The largest absolute Gasteiger partial charge is 0.484 e. The highest BCUT2D eigenvalue weighted by atomic mass is 35.5. The third-order valence-corrected chi connectivity index (χ3v) is 8.54. The van der Waals surface area contributed by atoms with E-state index in [9.17, 15) is 9.59 Å². The van der Waals surface area contributed by atoms with Crippen LogP contribution in [0.25, 0.3) is 0 Å². The molecule has 7 nitrogen and oxygen atoms in total. The first-order valence-electron chi connectivity index (χ1n) is 12.3. The topological polar surface area (TPSA) is 84.4 Å². The maximum atomic E-state index is 13.5. The summed E-state index contributed by atoms with van der Waals surface area (Å²) in [4.78, 5) is 36.8. The maximum absolute atomic E-state index is 13.5. The standard InChI is InChI=1S/C26H29ClN4O3/c27-19-1-3-20(4-2-19)34-14-23(32)31-6-5-21-22(13-31)28-15-29-24(21)30-25(33)26-10-16-7-17(11-26)9-18(8-16)12-26/h1-4,15-18H,5-14H2,(H,28,29,30,33). The first-order valence-corrected chi connectivity index (χ1v) is 12.7. The average Bonchev–Trinajstić information content (AvgIpc) is 2.82. The second-order valence-corrected chi connectivity index (χ2v) is 11.0. The summed E-state index contributed by atoms with van der Waals surface area (Å²) in [5.74, 6) is 3.41. The molecule has 0 saturated heterocycles. The van der Waals surface area contributed by atoms with E-state index < -0.39 is 0 Å². The van der Waals surface area contributed by atoms with Gasteiger partial charge in [0.15, 0.2) is 6.61 Å². The smallest absolute Gasteiger partial charge is 0.260 e. The van der Waals surface area contributed by atoms with Gasteiger partial charge in [0.25, 0.3) is 5.91 Å². The molecule has 34 heavy (non-hydrogen) atoms. The van der Waals surface area contributed by atoms with Gasteiger partial charge >= 0.3 is 0 Å². The number of ether oxygens (including phenoxy) is 1. The fourth-order valence-electron chi connectivity index (χ4n) is 7.07. The number of halogens is 1. The Labute approximate surface area is 204 Å². The summed E-state index contributed by atoms with van der Waals surface area (Å²) in [6.45, 7) is 0.891. The Morgan fingerprint density at radius 3 is 2.41 bits per heavy atom. The van der Waals surface area contributed by atoms with Gasteiger partial charge in [-0.1, -0.05) is 11.6 Å². The number of fused-ring (bicyclic) bond motifs is 1. The van der Waals surface area contributed by atoms with Crippen LogP contribution in [0.5, 0.6) is 5.75 Å². The minimum Gasteiger partial charge on any atom is -0.484 e. The molecule has 7 rings (SSSR count). The van der Waals surface area contributed by atoms with Gasteiger partial charge in [-0.2, -0.15) is 0 Å². The molecular formula is C26H29ClN4O3. The SMILES string of the molecule is O=C(COc1ccc(Cl)cc1)N1CCc2c(ncnc2NC(=O)C23CC4CC(CC(C4)C2)C3)C1. The molecule has 0 atom stereocenters. The maximum Gasteiger partial charge on any atom is 0.260 e. The van der Waals surface area contributed by atoms with E-state index in [1.54, 1.807) is 29.2 Å². The van der Waals surface area contributed by atoms with Crippen molar-refractivity contribution in [2.75, 3.05) is 18.5 Å². The van der Waals surface area contributed by atoms with Crippen molar-refractivity contribution in [3.05, 3.63) is 46.9 Å². The lowest BCUT2D eigenvalue weighted by Gasteiger charge is -2.55. The van der Waals surface area contributed by atoms with Gasteiger partial charge in [0.2, 0.25) is 5.91 Å². The highest BCUT2D eigenvalue weighted by Gasteiger charge is 2.54. The van der Waals surface area contributed by atoms with Crippen LogP contribution in [0, 0.1) is 23.2 Å². The van der Waals surface area contributed by atoms with Crippen LogP contribution in [0.4, 0.5) is 5.82 Å². The van der Waals surface area contributed by atoms with Gasteiger partial charge in [-0.25, -0.2) is 9.97 Å². The van der Waals surface area contributed by atoms with Gasteiger partial charge < -0.3 is 15.0 Å². The predicted molar refractivity (Wildman–Crippen MR) is 127 cm³/mol. The highest BCUT2D eigenvalue weighted by molar-refractivity contribution is 6.30. The Balaban J connectivity index is 1.11. The van der Waals surface area contributed by atoms with Crippen LogP contribution in [-0.4, -0.2) is 39.8 Å². The lowest BCUT2D eigenvalue weighted by atomic mass is 9.49. The first-order chi connectivity index (χ1) is 16.5. The summed E-state index contributed by atoms with van der Waals surface area (Å²) in [6, 6.07) is 6.95. The Hall–Kier alpha value is -2.67. The molecule has 2 aromatic rings. The number of carbonyl (C=O) groups excluding carboxylic acids is 2. The summed E-state index contributed by atoms with van der Waals surface area (Å²) in [6.07, 6.45) is 9.09. The molecule has 1 aliphatic heterocycles. The normalized spacial score (nSPS) is 29.0. The monoisotopic (exact) mass is 480 g/mol. The molecule has 8 heteroatoms. The van der Waals surface area contributed by atoms with Crippen molar-refractivity contribution in [2.24, 2.45) is 23.2 Å². The Bertz CT molecular complexity index is 1080. The highest BCUT2D eigenvalue weighted by Crippen LogP contribution is 2.60.